The minimum absolute atomic E-state index is 0.0931. The molecule has 0 unspecified atom stereocenters. The van der Waals surface area contributed by atoms with Crippen molar-refractivity contribution in [1.82, 2.24) is 20.0 Å². The molecule has 2 aromatic heterocycles. The topological polar surface area (TPSA) is 84.8 Å². The Balaban J connectivity index is 1.68. The van der Waals surface area contributed by atoms with Gasteiger partial charge in [0.05, 0.1) is 28.8 Å². The molecule has 0 saturated carbocycles. The van der Waals surface area contributed by atoms with Gasteiger partial charge in [-0.1, -0.05) is 0 Å². The summed E-state index contributed by atoms with van der Waals surface area (Å²) in [6.45, 7) is 4.34. The van der Waals surface area contributed by atoms with Crippen molar-refractivity contribution in [1.29, 1.82) is 0 Å². The molecule has 8 heteroatoms. The van der Waals surface area contributed by atoms with Crippen molar-refractivity contribution in [3.05, 3.63) is 35.8 Å². The number of H-pyrrole nitrogens is 1. The number of hydrogen-bond donors (Lipinski definition) is 2. The van der Waals surface area contributed by atoms with Gasteiger partial charge in [0.25, 0.3) is 0 Å². The fourth-order valence-corrected chi connectivity index (χ4v) is 3.22. The highest BCUT2D eigenvalue weighted by atomic mass is 19.1. The summed E-state index contributed by atoms with van der Waals surface area (Å²) < 4.78 is 20.2. The maximum absolute atomic E-state index is 13.1. The monoisotopic (exact) mass is 343 g/mol. The second-order valence-electron chi connectivity index (χ2n) is 6.23. The number of nitrogens with zero attached hydrogens (tertiary/aromatic N) is 3. The van der Waals surface area contributed by atoms with Crippen LogP contribution >= 0.6 is 0 Å². The first-order valence-electron chi connectivity index (χ1n) is 8.16. The van der Waals surface area contributed by atoms with Gasteiger partial charge in [-0.2, -0.15) is 10.2 Å². The Hall–Kier alpha value is -2.74. The molecule has 1 fully saturated rings. The molecule has 1 saturated heterocycles. The lowest BCUT2D eigenvalue weighted by Gasteiger charge is -2.13. The average molecular weight is 343 g/mol. The first-order chi connectivity index (χ1) is 12.0. The number of nitrogens with one attached hydrogen (secondary N) is 2. The number of carbonyl (C=O) groups excluding carboxylic acids is 1. The Bertz CT molecular complexity index is 931. The molecule has 25 heavy (non-hydrogen) atoms. The lowest BCUT2D eigenvalue weighted by atomic mass is 10.0. The van der Waals surface area contributed by atoms with Crippen LogP contribution in [0.5, 0.6) is 0 Å². The van der Waals surface area contributed by atoms with Crippen LogP contribution in [0, 0.1) is 18.7 Å². The number of aromatic amines is 1. The molecule has 3 aromatic rings. The van der Waals surface area contributed by atoms with Crippen molar-refractivity contribution in [2.45, 2.75) is 26.4 Å². The number of halogens is 1. The molecule has 2 atom stereocenters. The van der Waals surface area contributed by atoms with Crippen LogP contribution in [-0.4, -0.2) is 38.6 Å². The number of ether oxygens (including phenoxy) is 1. The van der Waals surface area contributed by atoms with Gasteiger partial charge in [-0.3, -0.25) is 9.89 Å². The van der Waals surface area contributed by atoms with Crippen molar-refractivity contribution in [2.75, 3.05) is 11.9 Å². The van der Waals surface area contributed by atoms with E-state index in [1.54, 1.807) is 16.8 Å². The van der Waals surface area contributed by atoms with E-state index in [0.717, 1.165) is 11.1 Å². The van der Waals surface area contributed by atoms with Crippen LogP contribution in [0.4, 0.5) is 10.2 Å². The molecule has 1 aliphatic rings. The summed E-state index contributed by atoms with van der Waals surface area (Å²) in [7, 11) is 0. The first kappa shape index (κ1) is 15.8. The number of fused-ring (bicyclic) bond motifs is 1. The van der Waals surface area contributed by atoms with E-state index in [4.69, 9.17) is 4.74 Å². The van der Waals surface area contributed by atoms with Gasteiger partial charge in [0.2, 0.25) is 5.91 Å². The van der Waals surface area contributed by atoms with Crippen molar-refractivity contribution >= 4 is 22.8 Å². The number of rotatable bonds is 3. The van der Waals surface area contributed by atoms with Crippen LogP contribution in [0.15, 0.2) is 24.3 Å². The molecule has 0 radical (unpaired) electrons. The molecular weight excluding hydrogens is 325 g/mol. The fraction of sp³-hybridized carbons (Fsp3) is 0.353. The highest BCUT2D eigenvalue weighted by Gasteiger charge is 2.31. The minimum atomic E-state index is -0.313. The Morgan fingerprint density at radius 3 is 2.84 bits per heavy atom. The number of benzene rings is 1. The van der Waals surface area contributed by atoms with E-state index in [0.29, 0.717) is 30.2 Å². The lowest BCUT2D eigenvalue weighted by Crippen LogP contribution is -2.28. The summed E-state index contributed by atoms with van der Waals surface area (Å²) in [6.07, 6.45) is 0.611. The van der Waals surface area contributed by atoms with Crippen LogP contribution in [0.1, 0.15) is 19.0 Å². The Labute approximate surface area is 143 Å². The quantitative estimate of drug-likeness (QED) is 0.765. The molecule has 0 spiro atoms. The van der Waals surface area contributed by atoms with Gasteiger partial charge in [0, 0.05) is 6.61 Å². The van der Waals surface area contributed by atoms with Gasteiger partial charge in [-0.05, 0) is 44.5 Å². The number of amides is 1. The summed E-state index contributed by atoms with van der Waals surface area (Å²) in [6, 6.07) is 6.00. The van der Waals surface area contributed by atoms with Crippen LogP contribution in [0.25, 0.3) is 16.7 Å². The summed E-state index contributed by atoms with van der Waals surface area (Å²) in [5.41, 5.74) is 2.00. The third kappa shape index (κ3) is 2.68. The van der Waals surface area contributed by atoms with Gasteiger partial charge in [0.15, 0.2) is 5.65 Å². The SMILES string of the molecule is Cc1nn(-c2ccc(F)cc2)c2n[nH]c(NC(=O)[C@@H]3CCO[C@H]3C)c12. The predicted octanol–water partition coefficient (Wildman–Crippen LogP) is 2.56. The fourth-order valence-electron chi connectivity index (χ4n) is 3.22. The summed E-state index contributed by atoms with van der Waals surface area (Å²) in [5.74, 6) is -0.0630. The van der Waals surface area contributed by atoms with Crippen molar-refractivity contribution in [2.24, 2.45) is 5.92 Å². The van der Waals surface area contributed by atoms with Crippen LogP contribution in [-0.2, 0) is 9.53 Å². The van der Waals surface area contributed by atoms with Crippen LogP contribution in [0.3, 0.4) is 0 Å². The second-order valence-corrected chi connectivity index (χ2v) is 6.23. The number of carbonyl (C=O) groups is 1. The molecule has 7 nitrogen and oxygen atoms in total. The molecule has 4 rings (SSSR count). The minimum Gasteiger partial charge on any atom is -0.378 e. The van der Waals surface area contributed by atoms with E-state index in [1.807, 2.05) is 13.8 Å². The maximum Gasteiger partial charge on any atom is 0.231 e. The molecule has 3 heterocycles. The molecular formula is C17H18FN5O2. The molecule has 0 aliphatic carbocycles. The zero-order valence-electron chi connectivity index (χ0n) is 13.9. The zero-order chi connectivity index (χ0) is 17.6. The first-order valence-corrected chi connectivity index (χ1v) is 8.16. The summed E-state index contributed by atoms with van der Waals surface area (Å²) >= 11 is 0. The van der Waals surface area contributed by atoms with E-state index in [1.165, 1.54) is 12.1 Å². The number of hydrogen-bond acceptors (Lipinski definition) is 4. The van der Waals surface area contributed by atoms with Crippen LogP contribution < -0.4 is 5.32 Å². The van der Waals surface area contributed by atoms with Crippen molar-refractivity contribution < 1.29 is 13.9 Å². The van der Waals surface area contributed by atoms with Gasteiger partial charge >= 0.3 is 0 Å². The van der Waals surface area contributed by atoms with E-state index >= 15 is 0 Å². The number of aryl methyl sites for hydroxylation is 1. The molecule has 1 amide bonds. The van der Waals surface area contributed by atoms with E-state index in [9.17, 15) is 9.18 Å². The third-order valence-corrected chi connectivity index (χ3v) is 4.59. The predicted molar refractivity (Wildman–Crippen MR) is 90.1 cm³/mol. The third-order valence-electron chi connectivity index (χ3n) is 4.59. The van der Waals surface area contributed by atoms with E-state index < -0.39 is 0 Å². The van der Waals surface area contributed by atoms with Crippen molar-refractivity contribution in [3.63, 3.8) is 0 Å². The zero-order valence-corrected chi connectivity index (χ0v) is 13.9. The van der Waals surface area contributed by atoms with Gasteiger partial charge < -0.3 is 10.1 Å². The molecule has 1 aliphatic heterocycles. The van der Waals surface area contributed by atoms with Crippen molar-refractivity contribution in [3.8, 4) is 5.69 Å². The number of anilines is 1. The standard InChI is InChI=1S/C17H18FN5O2/c1-9-14-15(19-17(24)13-7-8-25-10(13)2)20-21-16(14)23(22-9)12-5-3-11(18)4-6-12/h3-6,10,13H,7-8H2,1-2H3,(H2,19,20,21,24)/t10-,13+/m0/s1. The smallest absolute Gasteiger partial charge is 0.231 e. The molecule has 0 bridgehead atoms. The molecule has 130 valence electrons. The Kier molecular flexibility index (Phi) is 3.76. The van der Waals surface area contributed by atoms with Gasteiger partial charge in [-0.25, -0.2) is 9.07 Å². The normalized spacial score (nSPS) is 20.3. The lowest BCUT2D eigenvalue weighted by molar-refractivity contribution is -0.121. The van der Waals surface area contributed by atoms with Gasteiger partial charge in [0.1, 0.15) is 11.6 Å². The Morgan fingerprint density at radius 2 is 2.16 bits per heavy atom. The van der Waals surface area contributed by atoms with Gasteiger partial charge in [-0.15, -0.1) is 0 Å². The van der Waals surface area contributed by atoms with E-state index in [2.05, 4.69) is 20.6 Å². The highest BCUT2D eigenvalue weighted by Crippen LogP contribution is 2.28. The maximum atomic E-state index is 13.1. The summed E-state index contributed by atoms with van der Waals surface area (Å²) in [4.78, 5) is 12.5. The molecule has 1 aromatic carbocycles. The van der Waals surface area contributed by atoms with E-state index in [-0.39, 0.29) is 23.7 Å². The molecule has 2 N–H and O–H groups in total. The average Bonchev–Trinajstić information content (AvgIpc) is 3.27. The van der Waals surface area contributed by atoms with Crippen LogP contribution in [0.2, 0.25) is 0 Å². The largest absolute Gasteiger partial charge is 0.378 e. The Morgan fingerprint density at radius 1 is 1.40 bits per heavy atom. The number of aromatic nitrogens is 4. The summed E-state index contributed by atoms with van der Waals surface area (Å²) in [5, 5.41) is 15.2. The second kappa shape index (κ2) is 5.96. The highest BCUT2D eigenvalue weighted by molar-refractivity contribution is 6.01.